The average Bonchev–Trinajstić information content (AvgIpc) is 2.70. The Kier molecular flexibility index (Phi) is 8.80. The molecule has 0 saturated carbocycles. The lowest BCUT2D eigenvalue weighted by molar-refractivity contribution is -0.139. The van der Waals surface area contributed by atoms with Crippen LogP contribution in [0, 0.1) is 5.82 Å². The summed E-state index contributed by atoms with van der Waals surface area (Å²) in [7, 11) is -3.85. The Morgan fingerprint density at radius 1 is 1.03 bits per heavy atom. The van der Waals surface area contributed by atoms with Crippen molar-refractivity contribution in [2.75, 3.05) is 17.1 Å². The second kappa shape index (κ2) is 10.9. The summed E-state index contributed by atoms with van der Waals surface area (Å²) in [6.07, 6.45) is 0.970. The van der Waals surface area contributed by atoms with Gasteiger partial charge < -0.3 is 10.2 Å². The molecule has 7 nitrogen and oxygen atoms in total. The zero-order valence-electron chi connectivity index (χ0n) is 18.4. The Bertz CT molecular complexity index is 1040. The van der Waals surface area contributed by atoms with Crippen molar-refractivity contribution in [3.05, 3.63) is 64.4 Å². The summed E-state index contributed by atoms with van der Waals surface area (Å²) in [6.45, 7) is 4.80. The van der Waals surface area contributed by atoms with E-state index < -0.39 is 34.3 Å². The van der Waals surface area contributed by atoms with Gasteiger partial charge in [-0.15, -0.1) is 0 Å². The molecule has 0 aliphatic rings. The highest BCUT2D eigenvalue weighted by atomic mass is 79.9. The van der Waals surface area contributed by atoms with E-state index >= 15 is 0 Å². The van der Waals surface area contributed by atoms with E-state index in [0.29, 0.717) is 0 Å². The molecule has 0 spiro atoms. The van der Waals surface area contributed by atoms with Gasteiger partial charge in [-0.1, -0.05) is 28.1 Å². The van der Waals surface area contributed by atoms with E-state index in [4.69, 9.17) is 0 Å². The maximum absolute atomic E-state index is 13.3. The predicted octanol–water partition coefficient (Wildman–Crippen LogP) is 3.30. The van der Waals surface area contributed by atoms with Gasteiger partial charge in [0.05, 0.1) is 11.9 Å². The molecule has 0 bridgehead atoms. The van der Waals surface area contributed by atoms with Crippen LogP contribution in [0.2, 0.25) is 0 Å². The molecule has 32 heavy (non-hydrogen) atoms. The minimum Gasteiger partial charge on any atom is -0.352 e. The second-order valence-corrected chi connectivity index (χ2v) is 10.6. The van der Waals surface area contributed by atoms with Crippen LogP contribution in [-0.2, 0) is 26.2 Å². The van der Waals surface area contributed by atoms with Crippen LogP contribution < -0.4 is 9.62 Å². The number of hydrogen-bond acceptors (Lipinski definition) is 4. The number of nitrogens with zero attached hydrogens (tertiary/aromatic N) is 2. The van der Waals surface area contributed by atoms with E-state index in [0.717, 1.165) is 32.7 Å². The molecule has 1 unspecified atom stereocenters. The molecule has 2 aromatic rings. The topological polar surface area (TPSA) is 86.8 Å². The minimum atomic E-state index is -3.85. The molecule has 10 heteroatoms. The SMILES string of the molecule is CC(C)NC(=O)C(C)N(Cc1ccc(Br)cc1)C(=O)CN(c1ccc(F)cc1)S(C)(=O)=O. The molecule has 0 fully saturated rings. The van der Waals surface area contributed by atoms with E-state index in [1.807, 2.05) is 38.1 Å². The largest absolute Gasteiger partial charge is 0.352 e. The molecule has 0 aromatic heterocycles. The Balaban J connectivity index is 2.36. The molecule has 1 atom stereocenters. The summed E-state index contributed by atoms with van der Waals surface area (Å²) in [5, 5.41) is 2.78. The van der Waals surface area contributed by atoms with Gasteiger partial charge in [0.25, 0.3) is 0 Å². The first-order valence-electron chi connectivity index (χ1n) is 9.96. The van der Waals surface area contributed by atoms with Gasteiger partial charge in [-0.3, -0.25) is 13.9 Å². The van der Waals surface area contributed by atoms with Gasteiger partial charge >= 0.3 is 0 Å². The van der Waals surface area contributed by atoms with Gasteiger partial charge in [-0.25, -0.2) is 12.8 Å². The van der Waals surface area contributed by atoms with Crippen molar-refractivity contribution in [1.82, 2.24) is 10.2 Å². The van der Waals surface area contributed by atoms with E-state index in [1.54, 1.807) is 6.92 Å². The van der Waals surface area contributed by atoms with E-state index in [1.165, 1.54) is 17.0 Å². The summed E-state index contributed by atoms with van der Waals surface area (Å²) < 4.78 is 39.9. The van der Waals surface area contributed by atoms with Crippen LogP contribution in [0.4, 0.5) is 10.1 Å². The molecule has 0 saturated heterocycles. The first-order chi connectivity index (χ1) is 14.9. The number of carbonyl (C=O) groups is 2. The van der Waals surface area contributed by atoms with Gasteiger partial charge in [-0.05, 0) is 62.7 Å². The molecule has 0 heterocycles. The Morgan fingerprint density at radius 2 is 1.59 bits per heavy atom. The number of sulfonamides is 1. The lowest BCUT2D eigenvalue weighted by Gasteiger charge is -2.31. The molecular weight excluding hydrogens is 501 g/mol. The highest BCUT2D eigenvalue weighted by Gasteiger charge is 2.30. The maximum atomic E-state index is 13.3. The third-order valence-corrected chi connectivity index (χ3v) is 6.33. The molecule has 174 valence electrons. The second-order valence-electron chi connectivity index (χ2n) is 7.73. The molecule has 2 rings (SSSR count). The molecule has 0 radical (unpaired) electrons. The fraction of sp³-hybridized carbons (Fsp3) is 0.364. The van der Waals surface area contributed by atoms with Crippen LogP contribution >= 0.6 is 15.9 Å². The Hall–Kier alpha value is -2.46. The van der Waals surface area contributed by atoms with E-state index in [9.17, 15) is 22.4 Å². The van der Waals surface area contributed by atoms with Crippen molar-refractivity contribution in [3.8, 4) is 0 Å². The van der Waals surface area contributed by atoms with E-state index in [2.05, 4.69) is 21.2 Å². The number of amides is 2. The monoisotopic (exact) mass is 527 g/mol. The minimum absolute atomic E-state index is 0.111. The first-order valence-corrected chi connectivity index (χ1v) is 12.6. The van der Waals surface area contributed by atoms with Gasteiger partial charge in [-0.2, -0.15) is 0 Å². The summed E-state index contributed by atoms with van der Waals surface area (Å²) in [6, 6.07) is 11.1. The number of anilines is 1. The number of benzene rings is 2. The average molecular weight is 528 g/mol. The summed E-state index contributed by atoms with van der Waals surface area (Å²) in [4.78, 5) is 27.3. The van der Waals surface area contributed by atoms with E-state index in [-0.39, 0.29) is 24.2 Å². The number of carbonyl (C=O) groups excluding carboxylic acids is 2. The predicted molar refractivity (Wildman–Crippen MR) is 126 cm³/mol. The third-order valence-electron chi connectivity index (χ3n) is 4.66. The molecular formula is C22H27BrFN3O4S. The van der Waals surface area contributed by atoms with Crippen LogP contribution in [0.15, 0.2) is 53.0 Å². The van der Waals surface area contributed by atoms with Crippen molar-refractivity contribution in [2.45, 2.75) is 39.4 Å². The Labute approximate surface area is 196 Å². The highest BCUT2D eigenvalue weighted by molar-refractivity contribution is 9.10. The number of halogens is 2. The highest BCUT2D eigenvalue weighted by Crippen LogP contribution is 2.20. The third kappa shape index (κ3) is 7.30. The molecule has 2 aromatic carbocycles. The fourth-order valence-corrected chi connectivity index (χ4v) is 4.11. The lowest BCUT2D eigenvalue weighted by atomic mass is 10.1. The molecule has 0 aliphatic heterocycles. The van der Waals surface area contributed by atoms with Crippen LogP contribution in [-0.4, -0.2) is 50.0 Å². The number of nitrogens with one attached hydrogen (secondary N) is 1. The zero-order valence-corrected chi connectivity index (χ0v) is 20.8. The van der Waals surface area contributed by atoms with Crippen LogP contribution in [0.25, 0.3) is 0 Å². The van der Waals surface area contributed by atoms with Crippen LogP contribution in [0.1, 0.15) is 26.3 Å². The quantitative estimate of drug-likeness (QED) is 0.542. The maximum Gasteiger partial charge on any atom is 0.244 e. The van der Waals surface area contributed by atoms with Crippen molar-refractivity contribution < 1.29 is 22.4 Å². The van der Waals surface area contributed by atoms with Crippen LogP contribution in [0.3, 0.4) is 0 Å². The van der Waals surface area contributed by atoms with Crippen molar-refractivity contribution in [3.63, 3.8) is 0 Å². The van der Waals surface area contributed by atoms with Crippen LogP contribution in [0.5, 0.6) is 0 Å². The fourth-order valence-electron chi connectivity index (χ4n) is 3.00. The zero-order chi connectivity index (χ0) is 24.1. The normalized spacial score (nSPS) is 12.3. The van der Waals surface area contributed by atoms with Gasteiger partial charge in [0.1, 0.15) is 18.4 Å². The molecule has 1 N–H and O–H groups in total. The smallest absolute Gasteiger partial charge is 0.244 e. The van der Waals surface area contributed by atoms with Gasteiger partial charge in [0.15, 0.2) is 0 Å². The standard InChI is InChI=1S/C22H27BrFN3O4S/c1-15(2)25-22(29)16(3)26(13-17-5-7-18(23)8-6-17)21(28)14-27(32(4,30)31)20-11-9-19(24)10-12-20/h5-12,15-16H,13-14H2,1-4H3,(H,25,29). The Morgan fingerprint density at radius 3 is 2.09 bits per heavy atom. The lowest BCUT2D eigenvalue weighted by Crippen LogP contribution is -2.52. The van der Waals surface area contributed by atoms with Crippen molar-refractivity contribution >= 4 is 43.5 Å². The number of hydrogen-bond donors (Lipinski definition) is 1. The summed E-state index contributed by atoms with van der Waals surface area (Å²) in [5.74, 6) is -1.43. The van der Waals surface area contributed by atoms with Gasteiger partial charge in [0, 0.05) is 17.1 Å². The summed E-state index contributed by atoms with van der Waals surface area (Å²) >= 11 is 3.36. The molecule has 2 amide bonds. The van der Waals surface area contributed by atoms with Crippen molar-refractivity contribution in [2.24, 2.45) is 0 Å². The first kappa shape index (κ1) is 25.8. The number of rotatable bonds is 9. The summed E-state index contributed by atoms with van der Waals surface area (Å²) in [5.41, 5.74) is 0.934. The van der Waals surface area contributed by atoms with Gasteiger partial charge in [0.2, 0.25) is 21.8 Å². The van der Waals surface area contributed by atoms with Crippen molar-refractivity contribution in [1.29, 1.82) is 0 Å². The molecule has 0 aliphatic carbocycles.